The average molecular weight is 216 g/mol. The number of rotatable bonds is 4. The van der Waals surface area contributed by atoms with Gasteiger partial charge in [-0.05, 0) is 32.6 Å². The van der Waals surface area contributed by atoms with Gasteiger partial charge in [-0.2, -0.15) is 0 Å². The number of carboxylic acid groups (broad SMARTS) is 1. The number of carboxylic acids is 1. The van der Waals surface area contributed by atoms with E-state index in [0.29, 0.717) is 19.4 Å². The normalized spacial score (nSPS) is 30.9. The van der Waals surface area contributed by atoms with E-state index in [1.54, 1.807) is 6.92 Å². The fourth-order valence-corrected chi connectivity index (χ4v) is 2.09. The van der Waals surface area contributed by atoms with Crippen LogP contribution in [0.3, 0.4) is 0 Å². The van der Waals surface area contributed by atoms with E-state index in [0.717, 1.165) is 6.42 Å². The minimum Gasteiger partial charge on any atom is -0.481 e. The van der Waals surface area contributed by atoms with Crippen molar-refractivity contribution < 1.29 is 19.7 Å². The summed E-state index contributed by atoms with van der Waals surface area (Å²) in [7, 11) is 0. The van der Waals surface area contributed by atoms with Gasteiger partial charge in [-0.1, -0.05) is 6.92 Å². The minimum absolute atomic E-state index is 0.221. The van der Waals surface area contributed by atoms with Gasteiger partial charge in [0.25, 0.3) is 0 Å². The van der Waals surface area contributed by atoms with Gasteiger partial charge in [-0.3, -0.25) is 4.79 Å². The second kappa shape index (κ2) is 4.49. The molecule has 0 bridgehead atoms. The molecule has 4 heteroatoms. The van der Waals surface area contributed by atoms with E-state index in [9.17, 15) is 15.0 Å². The molecule has 0 aromatic heterocycles. The lowest BCUT2D eigenvalue weighted by atomic mass is 9.73. The van der Waals surface area contributed by atoms with Crippen molar-refractivity contribution in [2.75, 3.05) is 13.2 Å². The number of carbonyl (C=O) groups is 1. The monoisotopic (exact) mass is 216 g/mol. The second-order valence-electron chi connectivity index (χ2n) is 4.77. The van der Waals surface area contributed by atoms with E-state index in [2.05, 4.69) is 0 Å². The van der Waals surface area contributed by atoms with Crippen LogP contribution in [0.2, 0.25) is 0 Å². The van der Waals surface area contributed by atoms with E-state index in [4.69, 9.17) is 4.74 Å². The number of aliphatic carboxylic acids is 1. The summed E-state index contributed by atoms with van der Waals surface area (Å²) >= 11 is 0. The maximum atomic E-state index is 11.3. The summed E-state index contributed by atoms with van der Waals surface area (Å²) in [4.78, 5) is 11.3. The zero-order valence-corrected chi connectivity index (χ0v) is 9.45. The maximum Gasteiger partial charge on any atom is 0.312 e. The van der Waals surface area contributed by atoms with Crippen LogP contribution >= 0.6 is 0 Å². The Kier molecular flexibility index (Phi) is 3.73. The van der Waals surface area contributed by atoms with Crippen molar-refractivity contribution in [3.63, 3.8) is 0 Å². The molecule has 2 unspecified atom stereocenters. The molecule has 0 amide bonds. The summed E-state index contributed by atoms with van der Waals surface area (Å²) in [6.07, 6.45) is 2.18. The molecule has 0 aromatic carbocycles. The molecule has 1 fully saturated rings. The predicted octanol–water partition coefficient (Wildman–Crippen LogP) is 1.42. The number of ether oxygens (including phenoxy) is 1. The van der Waals surface area contributed by atoms with Gasteiger partial charge in [0.15, 0.2) is 0 Å². The summed E-state index contributed by atoms with van der Waals surface area (Å²) < 4.78 is 5.25. The van der Waals surface area contributed by atoms with E-state index < -0.39 is 17.0 Å². The lowest BCUT2D eigenvalue weighted by molar-refractivity contribution is -0.164. The number of aliphatic hydroxyl groups is 1. The average Bonchev–Trinajstić information content (AvgIpc) is 2.18. The summed E-state index contributed by atoms with van der Waals surface area (Å²) in [6, 6.07) is 0. The molecule has 1 aliphatic heterocycles. The minimum atomic E-state index is -0.918. The first kappa shape index (κ1) is 12.5. The fourth-order valence-electron chi connectivity index (χ4n) is 2.09. The molecular formula is C11H20O4. The molecular weight excluding hydrogens is 196 g/mol. The van der Waals surface area contributed by atoms with E-state index in [1.807, 2.05) is 6.92 Å². The molecule has 4 nitrogen and oxygen atoms in total. The molecule has 0 aliphatic carbocycles. The highest BCUT2D eigenvalue weighted by Gasteiger charge is 2.44. The summed E-state index contributed by atoms with van der Waals surface area (Å²) in [5.74, 6) is -0.851. The summed E-state index contributed by atoms with van der Waals surface area (Å²) in [5.41, 5.74) is -1.81. The molecule has 0 spiro atoms. The van der Waals surface area contributed by atoms with E-state index in [-0.39, 0.29) is 13.0 Å². The van der Waals surface area contributed by atoms with E-state index in [1.165, 1.54) is 0 Å². The highest BCUT2D eigenvalue weighted by molar-refractivity contribution is 5.75. The topological polar surface area (TPSA) is 66.8 Å². The molecule has 2 atom stereocenters. The van der Waals surface area contributed by atoms with Gasteiger partial charge < -0.3 is 14.9 Å². The third-order valence-electron chi connectivity index (χ3n) is 3.26. The van der Waals surface area contributed by atoms with Crippen molar-refractivity contribution in [1.29, 1.82) is 0 Å². The standard InChI is InChI=1S/C11H20O4/c1-3-10(2,14)7-11(9(12)13)5-4-6-15-8-11/h14H,3-8H2,1-2H3,(H,12,13). The molecule has 1 aliphatic rings. The lowest BCUT2D eigenvalue weighted by Gasteiger charge is -2.38. The van der Waals surface area contributed by atoms with Gasteiger partial charge in [-0.25, -0.2) is 0 Å². The van der Waals surface area contributed by atoms with Crippen molar-refractivity contribution in [3.8, 4) is 0 Å². The SMILES string of the molecule is CCC(C)(O)CC1(C(=O)O)CCCOC1. The first-order valence-electron chi connectivity index (χ1n) is 5.45. The van der Waals surface area contributed by atoms with Crippen LogP contribution in [0.5, 0.6) is 0 Å². The van der Waals surface area contributed by atoms with Gasteiger partial charge in [0.2, 0.25) is 0 Å². The molecule has 2 N–H and O–H groups in total. The van der Waals surface area contributed by atoms with Gasteiger partial charge >= 0.3 is 5.97 Å². The van der Waals surface area contributed by atoms with Gasteiger partial charge in [-0.15, -0.1) is 0 Å². The lowest BCUT2D eigenvalue weighted by Crippen LogP contribution is -2.45. The predicted molar refractivity (Wildman–Crippen MR) is 55.7 cm³/mol. The van der Waals surface area contributed by atoms with Crippen LogP contribution in [0.1, 0.15) is 39.5 Å². The van der Waals surface area contributed by atoms with Crippen LogP contribution in [-0.4, -0.2) is 35.0 Å². The first-order valence-corrected chi connectivity index (χ1v) is 5.45. The zero-order chi connectivity index (χ0) is 11.5. The molecule has 88 valence electrons. The Labute approximate surface area is 90.2 Å². The smallest absolute Gasteiger partial charge is 0.312 e. The Balaban J connectivity index is 2.77. The molecule has 1 heterocycles. The highest BCUT2D eigenvalue weighted by atomic mass is 16.5. The highest BCUT2D eigenvalue weighted by Crippen LogP contribution is 2.37. The van der Waals surface area contributed by atoms with Crippen molar-refractivity contribution in [3.05, 3.63) is 0 Å². The van der Waals surface area contributed by atoms with Gasteiger partial charge in [0.05, 0.1) is 17.6 Å². The number of hydrogen-bond acceptors (Lipinski definition) is 3. The molecule has 0 aromatic rings. The van der Waals surface area contributed by atoms with Crippen LogP contribution in [0.4, 0.5) is 0 Å². The maximum absolute atomic E-state index is 11.3. The van der Waals surface area contributed by atoms with Crippen molar-refractivity contribution in [2.24, 2.45) is 5.41 Å². The Bertz CT molecular complexity index is 229. The van der Waals surface area contributed by atoms with Crippen molar-refractivity contribution in [2.45, 2.75) is 45.1 Å². The molecule has 1 rings (SSSR count). The van der Waals surface area contributed by atoms with E-state index >= 15 is 0 Å². The molecule has 1 saturated heterocycles. The molecule has 0 radical (unpaired) electrons. The largest absolute Gasteiger partial charge is 0.481 e. The van der Waals surface area contributed by atoms with Crippen LogP contribution < -0.4 is 0 Å². The third kappa shape index (κ3) is 2.92. The fraction of sp³-hybridized carbons (Fsp3) is 0.909. The second-order valence-corrected chi connectivity index (χ2v) is 4.77. The van der Waals surface area contributed by atoms with Crippen LogP contribution in [-0.2, 0) is 9.53 Å². The summed E-state index contributed by atoms with van der Waals surface area (Å²) in [5, 5.41) is 19.2. The van der Waals surface area contributed by atoms with Crippen molar-refractivity contribution >= 4 is 5.97 Å². The van der Waals surface area contributed by atoms with Crippen LogP contribution in [0.25, 0.3) is 0 Å². The Morgan fingerprint density at radius 3 is 2.67 bits per heavy atom. The van der Waals surface area contributed by atoms with Gasteiger partial charge in [0, 0.05) is 6.61 Å². The van der Waals surface area contributed by atoms with Gasteiger partial charge in [0.1, 0.15) is 0 Å². The van der Waals surface area contributed by atoms with Crippen LogP contribution in [0.15, 0.2) is 0 Å². The first-order chi connectivity index (χ1) is 6.92. The Hall–Kier alpha value is -0.610. The third-order valence-corrected chi connectivity index (χ3v) is 3.26. The van der Waals surface area contributed by atoms with Crippen LogP contribution in [0, 0.1) is 5.41 Å². The molecule has 0 saturated carbocycles. The number of hydrogen-bond donors (Lipinski definition) is 2. The zero-order valence-electron chi connectivity index (χ0n) is 9.45. The van der Waals surface area contributed by atoms with Crippen molar-refractivity contribution in [1.82, 2.24) is 0 Å². The Morgan fingerprint density at radius 1 is 1.60 bits per heavy atom. The quantitative estimate of drug-likeness (QED) is 0.745. The Morgan fingerprint density at radius 2 is 2.27 bits per heavy atom. The molecule has 15 heavy (non-hydrogen) atoms. The summed E-state index contributed by atoms with van der Waals surface area (Å²) in [6.45, 7) is 4.40.